The van der Waals surface area contributed by atoms with Crippen molar-refractivity contribution in [2.75, 3.05) is 7.11 Å². The minimum absolute atomic E-state index is 0.00241. The number of aliphatic hydroxyl groups excluding tert-OH is 3. The summed E-state index contributed by atoms with van der Waals surface area (Å²) in [7, 11) is 1.04. The van der Waals surface area contributed by atoms with E-state index in [1.54, 1.807) is 0 Å². The van der Waals surface area contributed by atoms with Crippen molar-refractivity contribution < 1.29 is 54.1 Å². The maximum absolute atomic E-state index is 12.6. The van der Waals surface area contributed by atoms with Crippen LogP contribution in [-0.4, -0.2) is 74.4 Å². The second-order valence-corrected chi connectivity index (χ2v) is 7.53. The van der Waals surface area contributed by atoms with Crippen molar-refractivity contribution in [1.82, 2.24) is 0 Å². The molecule has 1 fully saturated rings. The van der Waals surface area contributed by atoms with Crippen molar-refractivity contribution in [2.24, 2.45) is 0 Å². The van der Waals surface area contributed by atoms with Gasteiger partial charge in [-0.05, 0) is 18.2 Å². The van der Waals surface area contributed by atoms with E-state index in [1.807, 2.05) is 0 Å². The number of rotatable bonds is 4. The highest BCUT2D eigenvalue weighted by Crippen LogP contribution is 2.35. The van der Waals surface area contributed by atoms with Gasteiger partial charge in [-0.25, -0.2) is 4.79 Å². The summed E-state index contributed by atoms with van der Waals surface area (Å²) >= 11 is 0. The van der Waals surface area contributed by atoms with Crippen molar-refractivity contribution >= 4 is 16.9 Å². The Morgan fingerprint density at radius 2 is 1.65 bits per heavy atom. The fourth-order valence-electron chi connectivity index (χ4n) is 3.52. The number of phenolic OH excluding ortho intramolecular Hbond substituents is 3. The molecule has 5 unspecified atom stereocenters. The van der Waals surface area contributed by atoms with Gasteiger partial charge in [0, 0.05) is 23.8 Å². The summed E-state index contributed by atoms with van der Waals surface area (Å²) < 4.78 is 20.9. The highest BCUT2D eigenvalue weighted by molar-refractivity contribution is 5.86. The van der Waals surface area contributed by atoms with E-state index in [4.69, 9.17) is 13.9 Å². The maximum atomic E-state index is 12.6. The zero-order valence-electron chi connectivity index (χ0n) is 17.5. The van der Waals surface area contributed by atoms with E-state index in [2.05, 4.69) is 4.74 Å². The Kier molecular flexibility index (Phi) is 6.06. The first-order chi connectivity index (χ1) is 16.1. The first-order valence-electron chi connectivity index (χ1n) is 9.88. The Balaban J connectivity index is 1.71. The number of benzene rings is 2. The number of aromatic hydroxyl groups is 3. The Morgan fingerprint density at radius 3 is 2.32 bits per heavy atom. The summed E-state index contributed by atoms with van der Waals surface area (Å²) in [5.41, 5.74) is -0.504. The van der Waals surface area contributed by atoms with Gasteiger partial charge in [-0.1, -0.05) is 0 Å². The lowest BCUT2D eigenvalue weighted by molar-refractivity contribution is -0.271. The number of phenols is 3. The Morgan fingerprint density at radius 1 is 0.912 bits per heavy atom. The minimum atomic E-state index is -1.82. The van der Waals surface area contributed by atoms with Crippen LogP contribution in [0.4, 0.5) is 0 Å². The van der Waals surface area contributed by atoms with Crippen molar-refractivity contribution in [3.63, 3.8) is 0 Å². The summed E-state index contributed by atoms with van der Waals surface area (Å²) in [5.74, 6) is -2.52. The third kappa shape index (κ3) is 4.10. The normalized spacial score (nSPS) is 24.6. The van der Waals surface area contributed by atoms with E-state index in [0.717, 1.165) is 19.2 Å². The highest BCUT2D eigenvalue weighted by Gasteiger charge is 2.48. The number of aliphatic hydroxyl groups is 3. The Hall–Kier alpha value is -3.84. The molecule has 6 N–H and O–H groups in total. The molecule has 4 rings (SSSR count). The van der Waals surface area contributed by atoms with Crippen molar-refractivity contribution in [1.29, 1.82) is 0 Å². The molecule has 1 aliphatic rings. The van der Waals surface area contributed by atoms with Crippen LogP contribution in [0.25, 0.3) is 22.3 Å². The van der Waals surface area contributed by atoms with Gasteiger partial charge < -0.3 is 49.3 Å². The molecule has 0 aliphatic carbocycles. The fourth-order valence-corrected chi connectivity index (χ4v) is 3.52. The average Bonchev–Trinajstić information content (AvgIpc) is 2.80. The quantitative estimate of drug-likeness (QED) is 0.217. The molecule has 180 valence electrons. The topological polar surface area (TPSA) is 196 Å². The van der Waals surface area contributed by atoms with Crippen LogP contribution in [0.3, 0.4) is 0 Å². The molecular weight excluding hydrogens is 456 g/mol. The second-order valence-electron chi connectivity index (χ2n) is 7.53. The van der Waals surface area contributed by atoms with Crippen LogP contribution >= 0.6 is 0 Å². The molecule has 0 amide bonds. The average molecular weight is 476 g/mol. The molecule has 0 spiro atoms. The summed E-state index contributed by atoms with van der Waals surface area (Å²) in [6.07, 6.45) is -8.71. The number of methoxy groups -OCH3 is 1. The molecule has 1 aliphatic heterocycles. The number of ether oxygens (including phenoxy) is 3. The van der Waals surface area contributed by atoms with Gasteiger partial charge in [-0.2, -0.15) is 0 Å². The summed E-state index contributed by atoms with van der Waals surface area (Å²) in [6, 6.07) is 7.08. The molecule has 0 bridgehead atoms. The number of carbonyl (C=O) groups excluding carboxylic acids is 1. The lowest BCUT2D eigenvalue weighted by atomic mass is 9.99. The first-order valence-corrected chi connectivity index (χ1v) is 9.88. The van der Waals surface area contributed by atoms with Gasteiger partial charge in [-0.3, -0.25) is 4.79 Å². The summed E-state index contributed by atoms with van der Waals surface area (Å²) in [4.78, 5) is 24.4. The van der Waals surface area contributed by atoms with E-state index in [9.17, 15) is 40.2 Å². The fraction of sp³-hybridized carbons (Fsp3) is 0.273. The van der Waals surface area contributed by atoms with Gasteiger partial charge in [0.1, 0.15) is 46.5 Å². The van der Waals surface area contributed by atoms with E-state index >= 15 is 0 Å². The molecule has 1 saturated heterocycles. The molecule has 5 atom stereocenters. The van der Waals surface area contributed by atoms with Crippen LogP contribution < -0.4 is 10.2 Å². The summed E-state index contributed by atoms with van der Waals surface area (Å²) in [5, 5.41) is 59.6. The Labute approximate surface area is 190 Å². The van der Waals surface area contributed by atoms with Crippen molar-refractivity contribution in [3.05, 3.63) is 46.6 Å². The predicted molar refractivity (Wildman–Crippen MR) is 112 cm³/mol. The number of esters is 1. The molecule has 0 saturated carbocycles. The predicted octanol–water partition coefficient (Wildman–Crippen LogP) is -0.0638. The SMILES string of the molecule is COC(=O)C1OC(Oc2cc(O)c3c(=O)cc(-c4ccc(O)c(O)c4)oc3c2)C(O)C(O)C1O. The van der Waals surface area contributed by atoms with E-state index in [0.29, 0.717) is 0 Å². The van der Waals surface area contributed by atoms with Gasteiger partial charge in [0.05, 0.1) is 7.11 Å². The molecular formula is C22H20O12. The second kappa shape index (κ2) is 8.83. The van der Waals surface area contributed by atoms with E-state index in [-0.39, 0.29) is 33.8 Å². The lowest BCUT2D eigenvalue weighted by Gasteiger charge is -2.38. The maximum Gasteiger partial charge on any atom is 0.337 e. The van der Waals surface area contributed by atoms with Crippen LogP contribution in [0, 0.1) is 0 Å². The number of fused-ring (bicyclic) bond motifs is 1. The molecule has 0 radical (unpaired) electrons. The third-order valence-electron chi connectivity index (χ3n) is 5.30. The van der Waals surface area contributed by atoms with Gasteiger partial charge in [0.15, 0.2) is 23.0 Å². The lowest BCUT2D eigenvalue weighted by Crippen LogP contribution is -2.61. The van der Waals surface area contributed by atoms with Crippen LogP contribution in [0.15, 0.2) is 45.6 Å². The summed E-state index contributed by atoms with van der Waals surface area (Å²) in [6.45, 7) is 0. The molecule has 2 aromatic carbocycles. The minimum Gasteiger partial charge on any atom is -0.507 e. The molecule has 2 heterocycles. The van der Waals surface area contributed by atoms with Crippen LogP contribution in [0.5, 0.6) is 23.0 Å². The van der Waals surface area contributed by atoms with Gasteiger partial charge in [-0.15, -0.1) is 0 Å². The molecule has 1 aromatic heterocycles. The van der Waals surface area contributed by atoms with E-state index < -0.39 is 53.6 Å². The van der Waals surface area contributed by atoms with Crippen molar-refractivity contribution in [3.8, 4) is 34.3 Å². The molecule has 12 nitrogen and oxygen atoms in total. The number of carbonyl (C=O) groups is 1. The largest absolute Gasteiger partial charge is 0.507 e. The standard InChI is InChI=1S/C22H20O12/c1-31-21(30)20-18(28)17(27)19(29)22(34-20)32-9-5-12(25)16-13(26)7-14(33-15(16)6-9)8-2-3-10(23)11(24)4-8/h2-7,17-20,22-25,27-29H,1H3. The molecule has 34 heavy (non-hydrogen) atoms. The highest BCUT2D eigenvalue weighted by atomic mass is 16.7. The Bertz CT molecular complexity index is 1300. The first kappa shape index (κ1) is 23.3. The number of hydrogen-bond acceptors (Lipinski definition) is 12. The zero-order chi connectivity index (χ0) is 24.7. The van der Waals surface area contributed by atoms with Crippen LogP contribution in [0.2, 0.25) is 0 Å². The van der Waals surface area contributed by atoms with Crippen molar-refractivity contribution in [2.45, 2.75) is 30.7 Å². The zero-order valence-corrected chi connectivity index (χ0v) is 17.5. The van der Waals surface area contributed by atoms with Crippen LogP contribution in [-0.2, 0) is 14.3 Å². The molecule has 12 heteroatoms. The van der Waals surface area contributed by atoms with Gasteiger partial charge in [0.25, 0.3) is 0 Å². The monoisotopic (exact) mass is 476 g/mol. The third-order valence-corrected chi connectivity index (χ3v) is 5.30. The van der Waals surface area contributed by atoms with E-state index in [1.165, 1.54) is 24.3 Å². The van der Waals surface area contributed by atoms with Gasteiger partial charge in [0.2, 0.25) is 6.29 Å². The smallest absolute Gasteiger partial charge is 0.337 e. The number of hydrogen-bond donors (Lipinski definition) is 6. The van der Waals surface area contributed by atoms with Gasteiger partial charge >= 0.3 is 5.97 Å². The molecule has 3 aromatic rings. The van der Waals surface area contributed by atoms with Crippen LogP contribution in [0.1, 0.15) is 0 Å².